The molecule has 0 aliphatic rings. The molecule has 1 amide bonds. The van der Waals surface area contributed by atoms with Crippen molar-refractivity contribution in [3.05, 3.63) is 28.8 Å². The summed E-state index contributed by atoms with van der Waals surface area (Å²) in [5.41, 5.74) is 4.00. The Morgan fingerprint density at radius 3 is 2.26 bits per heavy atom. The highest BCUT2D eigenvalue weighted by Gasteiger charge is 2.16. The molecule has 0 saturated carbocycles. The number of amides is 1. The first-order valence-corrected chi connectivity index (χ1v) is 7.08. The summed E-state index contributed by atoms with van der Waals surface area (Å²) in [5.74, 6) is -1.14. The van der Waals surface area contributed by atoms with E-state index in [0.717, 1.165) is 34.1 Å². The van der Waals surface area contributed by atoms with E-state index in [9.17, 15) is 9.59 Å². The zero-order valence-electron chi connectivity index (χ0n) is 11.6. The predicted octanol–water partition coefficient (Wildman–Crippen LogP) is 2.76. The molecule has 0 bridgehead atoms. The number of aliphatic carboxylic acids is 1. The third-order valence-corrected chi connectivity index (χ3v) is 3.88. The Morgan fingerprint density at radius 1 is 1.26 bits per heavy atom. The van der Waals surface area contributed by atoms with E-state index in [1.165, 1.54) is 0 Å². The fourth-order valence-electron chi connectivity index (χ4n) is 1.87. The van der Waals surface area contributed by atoms with Crippen LogP contribution in [0.4, 0.5) is 5.69 Å². The molecule has 5 heteroatoms. The van der Waals surface area contributed by atoms with Crippen LogP contribution in [0.25, 0.3) is 0 Å². The SMILES string of the molecule is Cc1cc(C)c(NC(=O)C(C)SCC(=O)O)c(C)c1. The van der Waals surface area contributed by atoms with E-state index in [1.807, 2.05) is 32.9 Å². The number of thioether (sulfide) groups is 1. The maximum Gasteiger partial charge on any atom is 0.313 e. The van der Waals surface area contributed by atoms with Crippen LogP contribution < -0.4 is 5.32 Å². The molecule has 0 saturated heterocycles. The summed E-state index contributed by atoms with van der Waals surface area (Å²) in [6.07, 6.45) is 0. The Hall–Kier alpha value is -1.49. The van der Waals surface area contributed by atoms with Crippen LogP contribution in [-0.4, -0.2) is 28.0 Å². The molecule has 0 aliphatic heterocycles. The van der Waals surface area contributed by atoms with Crippen molar-refractivity contribution in [2.24, 2.45) is 0 Å². The Kier molecular flexibility index (Phi) is 5.42. The Bertz CT molecular complexity index is 476. The molecule has 19 heavy (non-hydrogen) atoms. The zero-order valence-corrected chi connectivity index (χ0v) is 12.4. The summed E-state index contributed by atoms with van der Waals surface area (Å²) < 4.78 is 0. The van der Waals surface area contributed by atoms with Crippen molar-refractivity contribution in [2.45, 2.75) is 32.9 Å². The monoisotopic (exact) mass is 281 g/mol. The predicted molar refractivity (Wildman–Crippen MR) is 78.8 cm³/mol. The van der Waals surface area contributed by atoms with Crippen LogP contribution in [0.1, 0.15) is 23.6 Å². The molecular formula is C14H19NO3S. The van der Waals surface area contributed by atoms with E-state index in [-0.39, 0.29) is 11.7 Å². The molecule has 1 rings (SSSR count). The Labute approximate surface area is 117 Å². The van der Waals surface area contributed by atoms with E-state index in [2.05, 4.69) is 5.32 Å². The van der Waals surface area contributed by atoms with Gasteiger partial charge in [0.15, 0.2) is 0 Å². The molecule has 4 nitrogen and oxygen atoms in total. The van der Waals surface area contributed by atoms with Crippen molar-refractivity contribution < 1.29 is 14.7 Å². The number of hydrogen-bond donors (Lipinski definition) is 2. The van der Waals surface area contributed by atoms with Gasteiger partial charge in [0.05, 0.1) is 11.0 Å². The Morgan fingerprint density at radius 2 is 1.79 bits per heavy atom. The van der Waals surface area contributed by atoms with Crippen molar-refractivity contribution in [1.29, 1.82) is 0 Å². The number of nitrogens with one attached hydrogen (secondary N) is 1. The highest BCUT2D eigenvalue weighted by molar-refractivity contribution is 8.01. The van der Waals surface area contributed by atoms with Crippen LogP contribution in [-0.2, 0) is 9.59 Å². The summed E-state index contributed by atoms with van der Waals surface area (Å²) in [5, 5.41) is 11.1. The van der Waals surface area contributed by atoms with Gasteiger partial charge in [-0.1, -0.05) is 17.7 Å². The smallest absolute Gasteiger partial charge is 0.313 e. The third-order valence-electron chi connectivity index (χ3n) is 2.75. The third kappa shape index (κ3) is 4.59. The molecule has 1 atom stereocenters. The van der Waals surface area contributed by atoms with Crippen molar-refractivity contribution in [1.82, 2.24) is 0 Å². The van der Waals surface area contributed by atoms with Gasteiger partial charge in [-0.3, -0.25) is 9.59 Å². The minimum absolute atomic E-state index is 0.0690. The normalized spacial score (nSPS) is 12.0. The first-order valence-electron chi connectivity index (χ1n) is 6.03. The molecule has 0 aromatic heterocycles. The molecule has 1 aromatic rings. The first kappa shape index (κ1) is 15.6. The molecular weight excluding hydrogens is 262 g/mol. The number of carboxylic acid groups (broad SMARTS) is 1. The minimum Gasteiger partial charge on any atom is -0.481 e. The van der Waals surface area contributed by atoms with Gasteiger partial charge in [0, 0.05) is 5.69 Å². The molecule has 104 valence electrons. The van der Waals surface area contributed by atoms with Crippen molar-refractivity contribution in [2.75, 3.05) is 11.1 Å². The van der Waals surface area contributed by atoms with Crippen LogP contribution >= 0.6 is 11.8 Å². The van der Waals surface area contributed by atoms with Crippen LogP contribution in [0.15, 0.2) is 12.1 Å². The fourth-order valence-corrected chi connectivity index (χ4v) is 2.48. The summed E-state index contributed by atoms with van der Waals surface area (Å²) in [6.45, 7) is 7.62. The summed E-state index contributed by atoms with van der Waals surface area (Å²) >= 11 is 1.12. The molecule has 1 aromatic carbocycles. The molecule has 0 fully saturated rings. The molecule has 2 N–H and O–H groups in total. The number of carbonyl (C=O) groups excluding carboxylic acids is 1. The second kappa shape index (κ2) is 6.61. The Balaban J connectivity index is 2.74. The molecule has 0 spiro atoms. The number of carbonyl (C=O) groups is 2. The van der Waals surface area contributed by atoms with Crippen molar-refractivity contribution in [3.63, 3.8) is 0 Å². The molecule has 1 unspecified atom stereocenters. The van der Waals surface area contributed by atoms with Crippen LogP contribution in [0, 0.1) is 20.8 Å². The number of carboxylic acids is 1. The average Bonchev–Trinajstić information content (AvgIpc) is 2.30. The lowest BCUT2D eigenvalue weighted by Gasteiger charge is -2.15. The van der Waals surface area contributed by atoms with E-state index in [4.69, 9.17) is 5.11 Å². The lowest BCUT2D eigenvalue weighted by molar-refractivity contribution is -0.133. The van der Waals surface area contributed by atoms with Gasteiger partial charge in [0.2, 0.25) is 5.91 Å². The van der Waals surface area contributed by atoms with Gasteiger partial charge in [0.1, 0.15) is 0 Å². The van der Waals surface area contributed by atoms with E-state index >= 15 is 0 Å². The summed E-state index contributed by atoms with van der Waals surface area (Å²) in [4.78, 5) is 22.5. The quantitative estimate of drug-likeness (QED) is 0.871. The van der Waals surface area contributed by atoms with Crippen LogP contribution in [0.3, 0.4) is 0 Å². The van der Waals surface area contributed by atoms with Gasteiger partial charge in [-0.05, 0) is 38.8 Å². The number of aryl methyl sites for hydroxylation is 3. The van der Waals surface area contributed by atoms with Gasteiger partial charge in [-0.15, -0.1) is 11.8 Å². The van der Waals surface area contributed by atoms with Crippen molar-refractivity contribution >= 4 is 29.3 Å². The fraction of sp³-hybridized carbons (Fsp3) is 0.429. The maximum atomic E-state index is 12.0. The first-order chi connectivity index (χ1) is 8.81. The van der Waals surface area contributed by atoms with E-state index < -0.39 is 11.2 Å². The number of benzene rings is 1. The second-order valence-corrected chi connectivity index (χ2v) is 5.94. The van der Waals surface area contributed by atoms with Gasteiger partial charge in [0.25, 0.3) is 0 Å². The van der Waals surface area contributed by atoms with Gasteiger partial charge >= 0.3 is 5.97 Å². The standard InChI is InChI=1S/C14H19NO3S/c1-8-5-9(2)13(10(3)6-8)15-14(18)11(4)19-7-12(16)17/h5-6,11H,7H2,1-4H3,(H,15,18)(H,16,17). The molecule has 0 radical (unpaired) electrons. The van der Waals surface area contributed by atoms with Gasteiger partial charge in [-0.2, -0.15) is 0 Å². The van der Waals surface area contributed by atoms with Crippen molar-refractivity contribution in [3.8, 4) is 0 Å². The second-order valence-electron chi connectivity index (χ2n) is 4.61. The highest BCUT2D eigenvalue weighted by Crippen LogP contribution is 2.23. The topological polar surface area (TPSA) is 66.4 Å². The van der Waals surface area contributed by atoms with Crippen LogP contribution in [0.2, 0.25) is 0 Å². The maximum absolute atomic E-state index is 12.0. The number of hydrogen-bond acceptors (Lipinski definition) is 3. The zero-order chi connectivity index (χ0) is 14.6. The number of anilines is 1. The molecule has 0 aliphatic carbocycles. The van der Waals surface area contributed by atoms with Gasteiger partial charge in [-0.25, -0.2) is 0 Å². The lowest BCUT2D eigenvalue weighted by Crippen LogP contribution is -2.24. The molecule has 0 heterocycles. The van der Waals surface area contributed by atoms with Gasteiger partial charge < -0.3 is 10.4 Å². The lowest BCUT2D eigenvalue weighted by atomic mass is 10.1. The summed E-state index contributed by atoms with van der Waals surface area (Å²) in [6, 6.07) is 4.02. The average molecular weight is 281 g/mol. The number of rotatable bonds is 5. The largest absolute Gasteiger partial charge is 0.481 e. The van der Waals surface area contributed by atoms with Crippen LogP contribution in [0.5, 0.6) is 0 Å². The minimum atomic E-state index is -0.910. The highest BCUT2D eigenvalue weighted by atomic mass is 32.2. The summed E-state index contributed by atoms with van der Waals surface area (Å²) in [7, 11) is 0. The van der Waals surface area contributed by atoms with E-state index in [1.54, 1.807) is 6.92 Å². The van der Waals surface area contributed by atoms with E-state index in [0.29, 0.717) is 0 Å².